The van der Waals surface area contributed by atoms with Gasteiger partial charge in [0.1, 0.15) is 0 Å². The summed E-state index contributed by atoms with van der Waals surface area (Å²) in [5.74, 6) is 2.23. The smallest absolute Gasteiger partial charge is 0.270 e. The standard InChI is InChI=1S/C10H8F2N2O2/c1-2-5-13-9-4-3-7(14(15)16)6-8(9)10(11)12/h1,3-4,6,10,13H,5H2. The Kier molecular flexibility index (Phi) is 3.78. The molecular formula is C10H8F2N2O2. The molecule has 1 aromatic rings. The molecule has 0 bridgehead atoms. The normalized spacial score (nSPS) is 9.88. The first kappa shape index (κ1) is 11.9. The molecule has 0 atom stereocenters. The largest absolute Gasteiger partial charge is 0.374 e. The van der Waals surface area contributed by atoms with Gasteiger partial charge in [-0.1, -0.05) is 5.92 Å². The van der Waals surface area contributed by atoms with Crippen LogP contribution < -0.4 is 5.32 Å². The van der Waals surface area contributed by atoms with Crippen LogP contribution in [0, 0.1) is 22.5 Å². The third-order valence-electron chi connectivity index (χ3n) is 1.86. The quantitative estimate of drug-likeness (QED) is 0.487. The minimum Gasteiger partial charge on any atom is -0.374 e. The van der Waals surface area contributed by atoms with Crippen molar-refractivity contribution < 1.29 is 13.7 Å². The number of hydrogen-bond donors (Lipinski definition) is 1. The van der Waals surface area contributed by atoms with Crippen molar-refractivity contribution >= 4 is 11.4 Å². The Bertz CT molecular complexity index is 441. The number of nitrogens with one attached hydrogen (secondary N) is 1. The summed E-state index contributed by atoms with van der Waals surface area (Å²) in [4.78, 5) is 9.68. The fourth-order valence-corrected chi connectivity index (χ4v) is 1.15. The first-order valence-electron chi connectivity index (χ1n) is 4.30. The van der Waals surface area contributed by atoms with Crippen LogP contribution in [0.3, 0.4) is 0 Å². The molecule has 0 fully saturated rings. The number of nitrogens with zero attached hydrogens (tertiary/aromatic N) is 1. The number of benzene rings is 1. The Labute approximate surface area is 90.4 Å². The zero-order valence-corrected chi connectivity index (χ0v) is 8.11. The molecule has 16 heavy (non-hydrogen) atoms. The monoisotopic (exact) mass is 226 g/mol. The minimum atomic E-state index is -2.79. The first-order valence-corrected chi connectivity index (χ1v) is 4.30. The van der Waals surface area contributed by atoms with Gasteiger partial charge >= 0.3 is 0 Å². The number of alkyl halides is 2. The lowest BCUT2D eigenvalue weighted by molar-refractivity contribution is -0.385. The van der Waals surface area contributed by atoms with Crippen molar-refractivity contribution in [2.75, 3.05) is 11.9 Å². The van der Waals surface area contributed by atoms with Crippen LogP contribution >= 0.6 is 0 Å². The number of nitro benzene ring substituents is 1. The Morgan fingerprint density at radius 3 is 2.75 bits per heavy atom. The molecule has 84 valence electrons. The maximum Gasteiger partial charge on any atom is 0.270 e. The summed E-state index contributed by atoms with van der Waals surface area (Å²) in [7, 11) is 0. The molecular weight excluding hydrogens is 218 g/mol. The van der Waals surface area contributed by atoms with E-state index in [-0.39, 0.29) is 17.9 Å². The number of nitro groups is 1. The van der Waals surface area contributed by atoms with E-state index in [2.05, 4.69) is 11.2 Å². The summed E-state index contributed by atoms with van der Waals surface area (Å²) < 4.78 is 25.2. The zero-order chi connectivity index (χ0) is 12.1. The Morgan fingerprint density at radius 2 is 2.25 bits per heavy atom. The van der Waals surface area contributed by atoms with E-state index in [0.717, 1.165) is 12.1 Å². The van der Waals surface area contributed by atoms with Crippen molar-refractivity contribution in [1.29, 1.82) is 0 Å². The van der Waals surface area contributed by atoms with Crippen molar-refractivity contribution in [1.82, 2.24) is 0 Å². The highest BCUT2D eigenvalue weighted by Crippen LogP contribution is 2.30. The lowest BCUT2D eigenvalue weighted by atomic mass is 10.1. The number of non-ortho nitro benzene ring substituents is 1. The zero-order valence-electron chi connectivity index (χ0n) is 8.11. The van der Waals surface area contributed by atoms with E-state index in [4.69, 9.17) is 6.42 Å². The average Bonchev–Trinajstić information content (AvgIpc) is 2.25. The van der Waals surface area contributed by atoms with Gasteiger partial charge < -0.3 is 5.32 Å². The second-order valence-corrected chi connectivity index (χ2v) is 2.89. The van der Waals surface area contributed by atoms with Gasteiger partial charge in [0.15, 0.2) is 0 Å². The summed E-state index contributed by atoms with van der Waals surface area (Å²) >= 11 is 0. The van der Waals surface area contributed by atoms with E-state index >= 15 is 0 Å². The van der Waals surface area contributed by atoms with Crippen LogP contribution in [-0.4, -0.2) is 11.5 Å². The third-order valence-corrected chi connectivity index (χ3v) is 1.86. The van der Waals surface area contributed by atoms with Gasteiger partial charge in [-0.2, -0.15) is 0 Å². The summed E-state index contributed by atoms with van der Waals surface area (Å²) in [6.45, 7) is 0.0809. The van der Waals surface area contributed by atoms with Gasteiger partial charge in [0.25, 0.3) is 12.1 Å². The highest BCUT2D eigenvalue weighted by molar-refractivity contribution is 5.57. The fraction of sp³-hybridized carbons (Fsp3) is 0.200. The molecule has 0 aromatic heterocycles. The van der Waals surface area contributed by atoms with Crippen LogP contribution in [-0.2, 0) is 0 Å². The molecule has 0 heterocycles. The molecule has 0 saturated carbocycles. The van der Waals surface area contributed by atoms with E-state index in [1.165, 1.54) is 6.07 Å². The predicted octanol–water partition coefficient (Wildman–Crippen LogP) is 2.58. The number of anilines is 1. The third kappa shape index (κ3) is 2.67. The van der Waals surface area contributed by atoms with Crippen molar-refractivity contribution in [2.45, 2.75) is 6.43 Å². The van der Waals surface area contributed by atoms with E-state index in [1.807, 2.05) is 0 Å². The molecule has 0 aliphatic carbocycles. The second-order valence-electron chi connectivity index (χ2n) is 2.89. The molecule has 0 aliphatic rings. The lowest BCUT2D eigenvalue weighted by Gasteiger charge is -2.08. The molecule has 1 aromatic carbocycles. The van der Waals surface area contributed by atoms with Gasteiger partial charge in [-0.3, -0.25) is 10.1 Å². The van der Waals surface area contributed by atoms with Gasteiger partial charge in [-0.25, -0.2) is 8.78 Å². The Hall–Kier alpha value is -2.16. The highest BCUT2D eigenvalue weighted by atomic mass is 19.3. The van der Waals surface area contributed by atoms with Crippen LogP contribution in [0.4, 0.5) is 20.2 Å². The average molecular weight is 226 g/mol. The topological polar surface area (TPSA) is 55.2 Å². The van der Waals surface area contributed by atoms with E-state index in [1.54, 1.807) is 0 Å². The van der Waals surface area contributed by atoms with Crippen LogP contribution in [0.2, 0.25) is 0 Å². The SMILES string of the molecule is C#CCNc1ccc([N+](=O)[O-])cc1C(F)F. The van der Waals surface area contributed by atoms with Crippen LogP contribution in [0.25, 0.3) is 0 Å². The van der Waals surface area contributed by atoms with Crippen LogP contribution in [0.15, 0.2) is 18.2 Å². The molecule has 6 heteroatoms. The number of halogens is 2. The molecule has 0 spiro atoms. The minimum absolute atomic E-state index is 0.0809. The number of rotatable bonds is 4. The highest BCUT2D eigenvalue weighted by Gasteiger charge is 2.17. The van der Waals surface area contributed by atoms with E-state index < -0.39 is 16.9 Å². The van der Waals surface area contributed by atoms with Gasteiger partial charge in [0.05, 0.1) is 11.5 Å². The molecule has 4 nitrogen and oxygen atoms in total. The summed E-state index contributed by atoms with van der Waals surface area (Å²) in [6.07, 6.45) is 2.18. The lowest BCUT2D eigenvalue weighted by Crippen LogP contribution is -2.03. The van der Waals surface area contributed by atoms with Crippen molar-refractivity contribution in [3.05, 3.63) is 33.9 Å². The first-order chi connectivity index (χ1) is 7.56. The van der Waals surface area contributed by atoms with Gasteiger partial charge in [0.2, 0.25) is 0 Å². The molecule has 0 amide bonds. The summed E-state index contributed by atoms with van der Waals surface area (Å²) in [6, 6.07) is 3.20. The van der Waals surface area contributed by atoms with E-state index in [9.17, 15) is 18.9 Å². The fourth-order valence-electron chi connectivity index (χ4n) is 1.15. The summed E-state index contributed by atoms with van der Waals surface area (Å²) in [5, 5.41) is 13.0. The van der Waals surface area contributed by atoms with Gasteiger partial charge in [0, 0.05) is 23.4 Å². The molecule has 1 rings (SSSR count). The van der Waals surface area contributed by atoms with Crippen LogP contribution in [0.1, 0.15) is 12.0 Å². The van der Waals surface area contributed by atoms with Crippen LogP contribution in [0.5, 0.6) is 0 Å². The van der Waals surface area contributed by atoms with Crippen molar-refractivity contribution in [3.8, 4) is 12.3 Å². The molecule has 0 radical (unpaired) electrons. The maximum atomic E-state index is 12.6. The maximum absolute atomic E-state index is 12.6. The Balaban J connectivity index is 3.10. The number of terminal acetylenes is 1. The van der Waals surface area contributed by atoms with Crippen molar-refractivity contribution in [2.24, 2.45) is 0 Å². The molecule has 1 N–H and O–H groups in total. The molecule has 0 saturated heterocycles. The molecule has 0 aliphatic heterocycles. The molecule has 0 unspecified atom stereocenters. The van der Waals surface area contributed by atoms with Gasteiger partial charge in [-0.05, 0) is 6.07 Å². The Morgan fingerprint density at radius 1 is 1.56 bits per heavy atom. The van der Waals surface area contributed by atoms with E-state index in [0.29, 0.717) is 0 Å². The predicted molar refractivity (Wildman–Crippen MR) is 55.4 cm³/mol. The van der Waals surface area contributed by atoms with Gasteiger partial charge in [-0.15, -0.1) is 6.42 Å². The second kappa shape index (κ2) is 5.07. The number of hydrogen-bond acceptors (Lipinski definition) is 3. The summed E-state index contributed by atoms with van der Waals surface area (Å²) in [5.41, 5.74) is -0.690. The van der Waals surface area contributed by atoms with Crippen molar-refractivity contribution in [3.63, 3.8) is 0 Å².